The summed E-state index contributed by atoms with van der Waals surface area (Å²) >= 11 is 0. The third kappa shape index (κ3) is 2.74. The first-order valence-corrected chi connectivity index (χ1v) is 9.67. The number of aryl methyl sites for hydroxylation is 1. The summed E-state index contributed by atoms with van der Waals surface area (Å²) in [6, 6.07) is 25.6. The van der Waals surface area contributed by atoms with Gasteiger partial charge in [-0.05, 0) is 41.8 Å². The number of hydrogen-bond acceptors (Lipinski definition) is 2. The maximum absolute atomic E-state index is 13.8. The van der Waals surface area contributed by atoms with Crippen molar-refractivity contribution in [3.63, 3.8) is 0 Å². The number of hydrogen-bond donors (Lipinski definition) is 0. The molecule has 0 saturated heterocycles. The van der Waals surface area contributed by atoms with E-state index in [1.807, 2.05) is 72.5 Å². The molecule has 0 N–H and O–H groups in total. The number of carbonyl (C=O) groups is 1. The van der Waals surface area contributed by atoms with Gasteiger partial charge >= 0.3 is 0 Å². The molecule has 1 atom stereocenters. The van der Waals surface area contributed by atoms with Gasteiger partial charge in [-0.2, -0.15) is 0 Å². The van der Waals surface area contributed by atoms with Gasteiger partial charge in [0.25, 0.3) is 5.91 Å². The zero-order valence-corrected chi connectivity index (χ0v) is 16.2. The predicted molar refractivity (Wildman–Crippen MR) is 118 cm³/mol. The first kappa shape index (κ1) is 17.4. The first-order valence-electron chi connectivity index (χ1n) is 9.67. The first-order chi connectivity index (χ1) is 14.1. The molecule has 1 aromatic heterocycles. The van der Waals surface area contributed by atoms with E-state index < -0.39 is 0 Å². The molecular weight excluding hydrogens is 356 g/mol. The molecular formula is C26H20N2O. The molecule has 4 aromatic rings. The lowest BCUT2D eigenvalue weighted by atomic mass is 9.84. The summed E-state index contributed by atoms with van der Waals surface area (Å²) in [5.74, 6) is -0.0283. The largest absolute Gasteiger partial charge is 0.295 e. The number of carbonyl (C=O) groups excluding carboxylic acids is 1. The Morgan fingerprint density at radius 2 is 1.69 bits per heavy atom. The van der Waals surface area contributed by atoms with Crippen LogP contribution >= 0.6 is 0 Å². The van der Waals surface area contributed by atoms with Crippen LogP contribution in [0.15, 0.2) is 91.6 Å². The summed E-state index contributed by atoms with van der Waals surface area (Å²) in [7, 11) is 0. The Balaban J connectivity index is 1.80. The fraction of sp³-hybridized carbons (Fsp3) is 0.0769. The molecule has 0 radical (unpaired) electrons. The van der Waals surface area contributed by atoms with Crippen LogP contribution in [-0.4, -0.2) is 10.9 Å². The predicted octanol–water partition coefficient (Wildman–Crippen LogP) is 5.96. The molecule has 3 nitrogen and oxygen atoms in total. The highest BCUT2D eigenvalue weighted by Crippen LogP contribution is 2.44. The molecule has 1 unspecified atom stereocenters. The van der Waals surface area contributed by atoms with Crippen LogP contribution in [0.2, 0.25) is 0 Å². The van der Waals surface area contributed by atoms with Crippen molar-refractivity contribution in [3.05, 3.63) is 114 Å². The number of fused-ring (bicyclic) bond motifs is 2. The number of aromatic nitrogens is 1. The molecule has 1 aliphatic rings. The number of nitrogens with zero attached hydrogens (tertiary/aromatic N) is 2. The minimum atomic E-state index is -0.286. The van der Waals surface area contributed by atoms with Crippen molar-refractivity contribution in [1.82, 2.24) is 4.98 Å². The van der Waals surface area contributed by atoms with Crippen LogP contribution in [0.25, 0.3) is 16.5 Å². The minimum absolute atomic E-state index is 0.0283. The van der Waals surface area contributed by atoms with Crippen molar-refractivity contribution in [2.24, 2.45) is 0 Å². The van der Waals surface area contributed by atoms with Crippen LogP contribution in [0.5, 0.6) is 0 Å². The zero-order valence-electron chi connectivity index (χ0n) is 16.2. The molecule has 2 heterocycles. The number of pyridine rings is 1. The van der Waals surface area contributed by atoms with Crippen LogP contribution in [0.1, 0.15) is 33.1 Å². The molecule has 0 saturated carbocycles. The second-order valence-corrected chi connectivity index (χ2v) is 7.41. The van der Waals surface area contributed by atoms with E-state index >= 15 is 0 Å². The van der Waals surface area contributed by atoms with E-state index in [1.165, 1.54) is 0 Å². The molecule has 1 aliphatic heterocycles. The zero-order chi connectivity index (χ0) is 20.0. The second kappa shape index (κ2) is 6.71. The maximum Gasteiger partial charge on any atom is 0.259 e. The standard InChI is InChI=1S/C26H20N2O/c1-17-13-14-21-22(16-17)18(2)25(20-8-4-3-5-9-20)28(26(21)29)23-12-6-10-19-11-7-15-27-24(19)23/h3-16,25H,2H2,1H3. The van der Waals surface area contributed by atoms with Crippen molar-refractivity contribution in [1.29, 1.82) is 0 Å². The fourth-order valence-electron chi connectivity index (χ4n) is 4.18. The van der Waals surface area contributed by atoms with E-state index in [1.54, 1.807) is 6.20 Å². The summed E-state index contributed by atoms with van der Waals surface area (Å²) in [6.45, 7) is 6.47. The van der Waals surface area contributed by atoms with Gasteiger partial charge in [-0.15, -0.1) is 0 Å². The molecule has 3 heteroatoms. The second-order valence-electron chi connectivity index (χ2n) is 7.41. The van der Waals surface area contributed by atoms with Crippen LogP contribution in [-0.2, 0) is 0 Å². The Hall–Kier alpha value is -3.72. The fourth-order valence-corrected chi connectivity index (χ4v) is 4.18. The van der Waals surface area contributed by atoms with Crippen LogP contribution in [0.4, 0.5) is 5.69 Å². The highest BCUT2D eigenvalue weighted by Gasteiger charge is 2.37. The maximum atomic E-state index is 13.8. The average molecular weight is 376 g/mol. The lowest BCUT2D eigenvalue weighted by Gasteiger charge is -2.39. The van der Waals surface area contributed by atoms with Gasteiger partial charge in [-0.25, -0.2) is 0 Å². The van der Waals surface area contributed by atoms with E-state index in [0.717, 1.165) is 38.9 Å². The van der Waals surface area contributed by atoms with Gasteiger partial charge in [0.1, 0.15) is 0 Å². The van der Waals surface area contributed by atoms with Gasteiger partial charge < -0.3 is 0 Å². The summed E-state index contributed by atoms with van der Waals surface area (Å²) in [6.07, 6.45) is 1.77. The third-order valence-corrected chi connectivity index (χ3v) is 5.54. The van der Waals surface area contributed by atoms with Gasteiger partial charge in [0.2, 0.25) is 0 Å². The van der Waals surface area contributed by atoms with Crippen molar-refractivity contribution >= 4 is 28.1 Å². The summed E-state index contributed by atoms with van der Waals surface area (Å²) < 4.78 is 0. The van der Waals surface area contributed by atoms with Crippen molar-refractivity contribution in [3.8, 4) is 0 Å². The highest BCUT2D eigenvalue weighted by molar-refractivity contribution is 6.16. The lowest BCUT2D eigenvalue weighted by molar-refractivity contribution is 0.0978. The quantitative estimate of drug-likeness (QED) is 0.432. The number of amides is 1. The van der Waals surface area contributed by atoms with Crippen LogP contribution < -0.4 is 4.90 Å². The Bertz CT molecular complexity index is 1250. The Morgan fingerprint density at radius 1 is 0.897 bits per heavy atom. The van der Waals surface area contributed by atoms with Crippen molar-refractivity contribution < 1.29 is 4.79 Å². The third-order valence-electron chi connectivity index (χ3n) is 5.54. The monoisotopic (exact) mass is 376 g/mol. The molecule has 140 valence electrons. The van der Waals surface area contributed by atoms with Gasteiger partial charge in [0.15, 0.2) is 0 Å². The Labute approximate surface area is 169 Å². The topological polar surface area (TPSA) is 33.2 Å². The molecule has 5 rings (SSSR count). The number of anilines is 1. The summed E-state index contributed by atoms with van der Waals surface area (Å²) in [5, 5.41) is 1.00. The van der Waals surface area contributed by atoms with Crippen LogP contribution in [0, 0.1) is 6.92 Å². The van der Waals surface area contributed by atoms with Gasteiger partial charge in [-0.3, -0.25) is 14.7 Å². The van der Waals surface area contributed by atoms with Gasteiger partial charge in [0.05, 0.1) is 17.2 Å². The van der Waals surface area contributed by atoms with Gasteiger partial charge in [0, 0.05) is 17.1 Å². The Kier molecular flexibility index (Phi) is 4.02. The van der Waals surface area contributed by atoms with E-state index in [2.05, 4.69) is 29.8 Å². The molecule has 0 spiro atoms. The van der Waals surface area contributed by atoms with Gasteiger partial charge in [-0.1, -0.05) is 72.8 Å². The normalized spacial score (nSPS) is 16.2. The van der Waals surface area contributed by atoms with E-state index in [4.69, 9.17) is 0 Å². The van der Waals surface area contributed by atoms with Crippen LogP contribution in [0.3, 0.4) is 0 Å². The highest BCUT2D eigenvalue weighted by atomic mass is 16.2. The molecule has 0 aliphatic carbocycles. The average Bonchev–Trinajstić information content (AvgIpc) is 2.76. The summed E-state index contributed by atoms with van der Waals surface area (Å²) in [4.78, 5) is 20.2. The number of benzene rings is 3. The SMILES string of the molecule is C=C1c2cc(C)ccc2C(=O)N(c2cccc3cccnc23)C1c1ccccc1. The smallest absolute Gasteiger partial charge is 0.259 e. The van der Waals surface area contributed by atoms with E-state index in [-0.39, 0.29) is 11.9 Å². The lowest BCUT2D eigenvalue weighted by Crippen LogP contribution is -2.40. The number of rotatable bonds is 2. The Morgan fingerprint density at radius 3 is 2.52 bits per heavy atom. The van der Waals surface area contributed by atoms with E-state index in [9.17, 15) is 4.79 Å². The molecule has 29 heavy (non-hydrogen) atoms. The molecule has 0 fully saturated rings. The van der Waals surface area contributed by atoms with Crippen molar-refractivity contribution in [2.75, 3.05) is 4.90 Å². The van der Waals surface area contributed by atoms with Crippen molar-refractivity contribution in [2.45, 2.75) is 13.0 Å². The summed E-state index contributed by atoms with van der Waals surface area (Å²) in [5.41, 5.74) is 6.29. The van der Waals surface area contributed by atoms with E-state index in [0.29, 0.717) is 5.56 Å². The molecule has 3 aromatic carbocycles. The minimum Gasteiger partial charge on any atom is -0.295 e. The molecule has 0 bridgehead atoms. The number of para-hydroxylation sites is 1. The molecule has 1 amide bonds.